The molecule has 8 heteroatoms. The molecule has 1 N–H and O–H groups in total. The molecule has 0 aliphatic carbocycles. The predicted molar refractivity (Wildman–Crippen MR) is 122 cm³/mol. The molecule has 0 spiro atoms. The summed E-state index contributed by atoms with van der Waals surface area (Å²) in [6.45, 7) is 3.88. The van der Waals surface area contributed by atoms with Crippen LogP contribution in [-0.2, 0) is 22.4 Å². The Kier molecular flexibility index (Phi) is 6.44. The van der Waals surface area contributed by atoms with Gasteiger partial charge in [0.15, 0.2) is 11.5 Å². The van der Waals surface area contributed by atoms with Crippen molar-refractivity contribution in [3.8, 4) is 11.4 Å². The van der Waals surface area contributed by atoms with E-state index in [1.807, 2.05) is 6.92 Å². The summed E-state index contributed by atoms with van der Waals surface area (Å²) in [7, 11) is 0. The van der Waals surface area contributed by atoms with Crippen LogP contribution in [0.3, 0.4) is 0 Å². The average Bonchev–Trinajstić information content (AvgIpc) is 3.28. The van der Waals surface area contributed by atoms with Crippen molar-refractivity contribution >= 4 is 23.1 Å². The summed E-state index contributed by atoms with van der Waals surface area (Å²) >= 11 is 0. The monoisotopic (exact) mass is 446 g/mol. The van der Waals surface area contributed by atoms with E-state index in [2.05, 4.69) is 15.4 Å². The number of anilines is 1. The molecule has 2 aromatic carbocycles. The van der Waals surface area contributed by atoms with E-state index in [0.29, 0.717) is 28.8 Å². The number of fused-ring (bicyclic) bond motifs is 1. The van der Waals surface area contributed by atoms with Crippen LogP contribution >= 0.6 is 0 Å². The Morgan fingerprint density at radius 3 is 2.61 bits per heavy atom. The fourth-order valence-electron chi connectivity index (χ4n) is 3.59. The lowest BCUT2D eigenvalue weighted by molar-refractivity contribution is -0.142. The van der Waals surface area contributed by atoms with E-state index in [4.69, 9.17) is 4.74 Å². The highest BCUT2D eigenvalue weighted by Gasteiger charge is 2.20. The summed E-state index contributed by atoms with van der Waals surface area (Å²) in [5, 5.41) is 7.22. The van der Waals surface area contributed by atoms with Gasteiger partial charge in [-0.1, -0.05) is 37.3 Å². The quantitative estimate of drug-likeness (QED) is 0.424. The maximum absolute atomic E-state index is 15.0. The largest absolute Gasteiger partial charge is 0.466 e. The molecule has 168 valence electrons. The summed E-state index contributed by atoms with van der Waals surface area (Å²) in [5.41, 5.74) is 2.43. The van der Waals surface area contributed by atoms with E-state index >= 15 is 0 Å². The molecule has 4 aromatic rings. The zero-order valence-electron chi connectivity index (χ0n) is 18.3. The number of aromatic nitrogens is 3. The molecule has 0 bridgehead atoms. The highest BCUT2D eigenvalue weighted by molar-refractivity contribution is 6.08. The van der Waals surface area contributed by atoms with E-state index in [1.165, 1.54) is 4.52 Å². The van der Waals surface area contributed by atoms with Gasteiger partial charge in [-0.05, 0) is 48.7 Å². The fourth-order valence-corrected chi connectivity index (χ4v) is 3.59. The fraction of sp³-hybridized carbons (Fsp3) is 0.200. The zero-order valence-corrected chi connectivity index (χ0v) is 18.3. The van der Waals surface area contributed by atoms with Crippen molar-refractivity contribution in [3.05, 3.63) is 83.4 Å². The number of hydrogen-bond donors (Lipinski definition) is 1. The number of esters is 1. The molecule has 0 saturated heterocycles. The summed E-state index contributed by atoms with van der Waals surface area (Å²) in [6, 6.07) is 15.5. The first-order valence-electron chi connectivity index (χ1n) is 10.7. The molecule has 0 atom stereocenters. The van der Waals surface area contributed by atoms with E-state index in [1.54, 1.807) is 67.7 Å². The highest BCUT2D eigenvalue weighted by Crippen LogP contribution is 2.24. The van der Waals surface area contributed by atoms with Gasteiger partial charge in [-0.15, -0.1) is 5.10 Å². The predicted octanol–water partition coefficient (Wildman–Crippen LogP) is 4.46. The summed E-state index contributed by atoms with van der Waals surface area (Å²) in [4.78, 5) is 29.6. The van der Waals surface area contributed by atoms with Crippen molar-refractivity contribution in [2.75, 3.05) is 11.9 Å². The van der Waals surface area contributed by atoms with Crippen LogP contribution in [0.5, 0.6) is 0 Å². The van der Waals surface area contributed by atoms with E-state index in [9.17, 15) is 14.0 Å². The van der Waals surface area contributed by atoms with E-state index in [-0.39, 0.29) is 36.1 Å². The van der Waals surface area contributed by atoms with Crippen LogP contribution < -0.4 is 5.32 Å². The Bertz CT molecular complexity index is 1330. The number of nitrogens with zero attached hydrogens (tertiary/aromatic N) is 3. The number of carbonyl (C=O) groups excluding carboxylic acids is 2. The molecule has 0 unspecified atom stereocenters. The minimum atomic E-state index is -0.495. The van der Waals surface area contributed by atoms with Gasteiger partial charge < -0.3 is 10.1 Å². The molecule has 1 amide bonds. The summed E-state index contributed by atoms with van der Waals surface area (Å²) < 4.78 is 21.5. The van der Waals surface area contributed by atoms with Crippen LogP contribution in [0, 0.1) is 5.82 Å². The molecular weight excluding hydrogens is 423 g/mol. The van der Waals surface area contributed by atoms with E-state index < -0.39 is 11.7 Å². The average molecular weight is 446 g/mol. The molecule has 0 aliphatic rings. The number of carbonyl (C=O) groups is 2. The van der Waals surface area contributed by atoms with E-state index in [0.717, 1.165) is 0 Å². The molecule has 0 fully saturated rings. The second kappa shape index (κ2) is 9.60. The standard InChI is InChI=1S/C25H23FN4O3/c1-3-16-10-7-11-18(22(16)26)24-28-23(20-13-8-14-30(20)29-24)25(32)27-19-12-6-5-9-17(19)15-21(31)33-4-2/h5-14H,3-4,15H2,1-2H3,(H,27,32). The molecule has 0 saturated carbocycles. The van der Waals surface area contributed by atoms with Gasteiger partial charge in [0.05, 0.1) is 24.1 Å². The van der Waals surface area contributed by atoms with Crippen molar-refractivity contribution in [1.29, 1.82) is 0 Å². The van der Waals surface area contributed by atoms with Gasteiger partial charge in [-0.3, -0.25) is 9.59 Å². The second-order valence-corrected chi connectivity index (χ2v) is 7.35. The van der Waals surface area contributed by atoms with Crippen LogP contribution in [0.1, 0.15) is 35.5 Å². The van der Waals surface area contributed by atoms with Crippen LogP contribution in [0.2, 0.25) is 0 Å². The molecule has 4 rings (SSSR count). The SMILES string of the molecule is CCOC(=O)Cc1ccccc1NC(=O)c1nc(-c2cccc(CC)c2F)nn2cccc12. The van der Waals surface area contributed by atoms with Gasteiger partial charge in [0.1, 0.15) is 5.82 Å². The van der Waals surface area contributed by atoms with Crippen molar-refractivity contribution in [2.24, 2.45) is 0 Å². The molecule has 0 aliphatic heterocycles. The third kappa shape index (κ3) is 4.59. The molecule has 2 heterocycles. The first kappa shape index (κ1) is 22.1. The highest BCUT2D eigenvalue weighted by atomic mass is 19.1. The number of ether oxygens (including phenoxy) is 1. The number of para-hydroxylation sites is 1. The normalized spacial score (nSPS) is 10.9. The van der Waals surface area contributed by atoms with Crippen molar-refractivity contribution in [2.45, 2.75) is 26.7 Å². The number of aryl methyl sites for hydroxylation is 1. The maximum Gasteiger partial charge on any atom is 0.310 e. The van der Waals surface area contributed by atoms with Crippen molar-refractivity contribution < 1.29 is 18.7 Å². The number of benzene rings is 2. The third-order valence-corrected chi connectivity index (χ3v) is 5.21. The number of amides is 1. The lowest BCUT2D eigenvalue weighted by Gasteiger charge is -2.12. The minimum absolute atomic E-state index is 0.0227. The second-order valence-electron chi connectivity index (χ2n) is 7.35. The summed E-state index contributed by atoms with van der Waals surface area (Å²) in [5.74, 6) is -1.18. The Morgan fingerprint density at radius 1 is 1.03 bits per heavy atom. The first-order valence-corrected chi connectivity index (χ1v) is 10.7. The Morgan fingerprint density at radius 2 is 1.82 bits per heavy atom. The van der Waals surface area contributed by atoms with Gasteiger partial charge in [0.2, 0.25) is 0 Å². The van der Waals surface area contributed by atoms with Crippen molar-refractivity contribution in [1.82, 2.24) is 14.6 Å². The Balaban J connectivity index is 1.72. The van der Waals surface area contributed by atoms with Crippen LogP contribution in [-0.4, -0.2) is 33.1 Å². The molecular formula is C25H23FN4O3. The molecule has 7 nitrogen and oxygen atoms in total. The number of nitrogens with one attached hydrogen (secondary N) is 1. The van der Waals surface area contributed by atoms with Gasteiger partial charge in [-0.2, -0.15) is 0 Å². The molecule has 2 aromatic heterocycles. The Hall–Kier alpha value is -4.07. The van der Waals surface area contributed by atoms with Crippen molar-refractivity contribution in [3.63, 3.8) is 0 Å². The smallest absolute Gasteiger partial charge is 0.310 e. The Labute approximate surface area is 190 Å². The summed E-state index contributed by atoms with van der Waals surface area (Å²) in [6.07, 6.45) is 2.22. The lowest BCUT2D eigenvalue weighted by Crippen LogP contribution is -2.18. The van der Waals surface area contributed by atoms with Crippen LogP contribution in [0.15, 0.2) is 60.8 Å². The first-order chi connectivity index (χ1) is 16.0. The minimum Gasteiger partial charge on any atom is -0.466 e. The number of rotatable bonds is 7. The maximum atomic E-state index is 15.0. The zero-order chi connectivity index (χ0) is 23.4. The van der Waals surface area contributed by atoms with Crippen LogP contribution in [0.4, 0.5) is 10.1 Å². The molecule has 0 radical (unpaired) electrons. The number of halogens is 1. The lowest BCUT2D eigenvalue weighted by atomic mass is 10.1. The van der Waals surface area contributed by atoms with Gasteiger partial charge >= 0.3 is 5.97 Å². The van der Waals surface area contributed by atoms with Crippen LogP contribution in [0.25, 0.3) is 16.9 Å². The van der Waals surface area contributed by atoms with Gasteiger partial charge in [-0.25, -0.2) is 13.9 Å². The molecule has 33 heavy (non-hydrogen) atoms. The van der Waals surface area contributed by atoms with Gasteiger partial charge in [0, 0.05) is 11.9 Å². The topological polar surface area (TPSA) is 85.6 Å². The third-order valence-electron chi connectivity index (χ3n) is 5.21. The number of hydrogen-bond acceptors (Lipinski definition) is 5. The van der Waals surface area contributed by atoms with Gasteiger partial charge in [0.25, 0.3) is 5.91 Å².